The summed E-state index contributed by atoms with van der Waals surface area (Å²) >= 11 is 0. The Hall–Kier alpha value is -0.0800. The molecular weight excluding hydrogens is 150 g/mol. The van der Waals surface area contributed by atoms with E-state index in [1.165, 1.54) is 0 Å². The second-order valence-electron chi connectivity index (χ2n) is 4.42. The number of aliphatic hydroxyl groups is 1. The van der Waals surface area contributed by atoms with Crippen molar-refractivity contribution in [3.8, 4) is 0 Å². The van der Waals surface area contributed by atoms with Crippen LogP contribution in [0, 0.1) is 5.92 Å². The molecular formula is C10H21NO. The summed E-state index contributed by atoms with van der Waals surface area (Å²) in [6.07, 6.45) is 0.842. The number of hydrogen-bond acceptors (Lipinski definition) is 2. The maximum Gasteiger partial charge on any atom is 0.0592 e. The van der Waals surface area contributed by atoms with Crippen LogP contribution in [-0.4, -0.2) is 34.7 Å². The van der Waals surface area contributed by atoms with Crippen LogP contribution < -0.4 is 0 Å². The Bertz CT molecular complexity index is 147. The van der Waals surface area contributed by atoms with E-state index in [-0.39, 0.29) is 6.10 Å². The largest absolute Gasteiger partial charge is 0.393 e. The number of piperidine rings is 1. The average molecular weight is 171 g/mol. The third-order valence-corrected chi connectivity index (χ3v) is 2.97. The van der Waals surface area contributed by atoms with Gasteiger partial charge in [0, 0.05) is 18.6 Å². The summed E-state index contributed by atoms with van der Waals surface area (Å²) < 4.78 is 0. The van der Waals surface area contributed by atoms with Crippen molar-refractivity contribution in [2.75, 3.05) is 6.54 Å². The molecule has 1 fully saturated rings. The van der Waals surface area contributed by atoms with Crippen molar-refractivity contribution < 1.29 is 5.11 Å². The van der Waals surface area contributed by atoms with Gasteiger partial charge < -0.3 is 5.11 Å². The summed E-state index contributed by atoms with van der Waals surface area (Å²) in [5.74, 6) is 0.434. The van der Waals surface area contributed by atoms with Crippen LogP contribution >= 0.6 is 0 Å². The van der Waals surface area contributed by atoms with Crippen LogP contribution in [0.25, 0.3) is 0 Å². The van der Waals surface area contributed by atoms with Crippen LogP contribution in [0.15, 0.2) is 0 Å². The van der Waals surface area contributed by atoms with Gasteiger partial charge in [-0.25, -0.2) is 0 Å². The SMILES string of the molecule is CC(C)N1C[C@@H](C)C(O)C[C@H]1C. The smallest absolute Gasteiger partial charge is 0.0592 e. The van der Waals surface area contributed by atoms with Crippen LogP contribution in [0.2, 0.25) is 0 Å². The highest BCUT2D eigenvalue weighted by atomic mass is 16.3. The Morgan fingerprint density at radius 3 is 2.42 bits per heavy atom. The van der Waals surface area contributed by atoms with E-state index in [4.69, 9.17) is 0 Å². The molecule has 3 atom stereocenters. The van der Waals surface area contributed by atoms with E-state index >= 15 is 0 Å². The molecule has 0 radical (unpaired) electrons. The quantitative estimate of drug-likeness (QED) is 0.646. The zero-order valence-electron chi connectivity index (χ0n) is 8.62. The highest BCUT2D eigenvalue weighted by Crippen LogP contribution is 2.23. The lowest BCUT2D eigenvalue weighted by atomic mass is 9.91. The van der Waals surface area contributed by atoms with Crippen molar-refractivity contribution in [3.63, 3.8) is 0 Å². The lowest BCUT2D eigenvalue weighted by Gasteiger charge is -2.42. The lowest BCUT2D eigenvalue weighted by Crippen LogP contribution is -2.50. The predicted octanol–water partition coefficient (Wildman–Crippen LogP) is 1.49. The van der Waals surface area contributed by atoms with Crippen LogP contribution in [0.5, 0.6) is 0 Å². The normalized spacial score (nSPS) is 39.0. The minimum Gasteiger partial charge on any atom is -0.393 e. The van der Waals surface area contributed by atoms with E-state index < -0.39 is 0 Å². The Morgan fingerprint density at radius 2 is 1.92 bits per heavy atom. The van der Waals surface area contributed by atoms with E-state index in [1.807, 2.05) is 0 Å². The summed E-state index contributed by atoms with van der Waals surface area (Å²) in [7, 11) is 0. The molecule has 2 heteroatoms. The van der Waals surface area contributed by atoms with Crippen molar-refractivity contribution in [2.24, 2.45) is 5.92 Å². The number of rotatable bonds is 1. The second-order valence-corrected chi connectivity index (χ2v) is 4.42. The van der Waals surface area contributed by atoms with Crippen LogP contribution in [0.3, 0.4) is 0 Å². The minimum absolute atomic E-state index is 0.0880. The first-order valence-electron chi connectivity index (χ1n) is 4.96. The van der Waals surface area contributed by atoms with Gasteiger partial charge in [-0.05, 0) is 33.1 Å². The highest BCUT2D eigenvalue weighted by molar-refractivity contribution is 4.84. The minimum atomic E-state index is -0.0880. The standard InChI is InChI=1S/C10H21NO/c1-7(2)11-6-8(3)10(12)5-9(11)4/h7-10,12H,5-6H2,1-4H3/t8-,9-,10?/m1/s1. The fraction of sp³-hybridized carbons (Fsp3) is 1.00. The summed E-state index contributed by atoms with van der Waals surface area (Å²) in [6.45, 7) is 9.82. The number of hydrogen-bond donors (Lipinski definition) is 1. The molecule has 72 valence electrons. The van der Waals surface area contributed by atoms with E-state index in [1.54, 1.807) is 0 Å². The van der Waals surface area contributed by atoms with Gasteiger partial charge >= 0.3 is 0 Å². The van der Waals surface area contributed by atoms with E-state index in [2.05, 4.69) is 32.6 Å². The van der Waals surface area contributed by atoms with Crippen molar-refractivity contribution in [3.05, 3.63) is 0 Å². The number of nitrogens with zero attached hydrogens (tertiary/aromatic N) is 1. The Balaban J connectivity index is 2.55. The van der Waals surface area contributed by atoms with Gasteiger partial charge in [0.15, 0.2) is 0 Å². The number of likely N-dealkylation sites (tertiary alicyclic amines) is 1. The van der Waals surface area contributed by atoms with E-state index in [0.29, 0.717) is 18.0 Å². The third-order valence-electron chi connectivity index (χ3n) is 2.97. The molecule has 0 aromatic heterocycles. The summed E-state index contributed by atoms with van der Waals surface area (Å²) in [6, 6.07) is 1.14. The molecule has 0 aromatic carbocycles. The van der Waals surface area contributed by atoms with Crippen LogP contribution in [0.4, 0.5) is 0 Å². The molecule has 2 nitrogen and oxygen atoms in total. The molecule has 0 amide bonds. The van der Waals surface area contributed by atoms with Crippen molar-refractivity contribution in [1.29, 1.82) is 0 Å². The predicted molar refractivity (Wildman–Crippen MR) is 51.1 cm³/mol. The molecule has 1 unspecified atom stereocenters. The first-order valence-corrected chi connectivity index (χ1v) is 4.96. The molecule has 1 aliphatic rings. The molecule has 12 heavy (non-hydrogen) atoms. The molecule has 1 aliphatic heterocycles. The number of aliphatic hydroxyl groups excluding tert-OH is 1. The monoisotopic (exact) mass is 171 g/mol. The molecule has 0 spiro atoms. The summed E-state index contributed by atoms with van der Waals surface area (Å²) in [5.41, 5.74) is 0. The highest BCUT2D eigenvalue weighted by Gasteiger charge is 2.30. The van der Waals surface area contributed by atoms with Gasteiger partial charge in [0.25, 0.3) is 0 Å². The zero-order chi connectivity index (χ0) is 9.30. The Kier molecular flexibility index (Phi) is 3.13. The van der Waals surface area contributed by atoms with Gasteiger partial charge in [0.2, 0.25) is 0 Å². The van der Waals surface area contributed by atoms with Gasteiger partial charge in [0.05, 0.1) is 6.10 Å². The first-order chi connectivity index (χ1) is 5.52. The van der Waals surface area contributed by atoms with Crippen molar-refractivity contribution >= 4 is 0 Å². The van der Waals surface area contributed by atoms with Crippen LogP contribution in [0.1, 0.15) is 34.1 Å². The van der Waals surface area contributed by atoms with E-state index in [9.17, 15) is 5.11 Å². The van der Waals surface area contributed by atoms with E-state index in [0.717, 1.165) is 13.0 Å². The lowest BCUT2D eigenvalue weighted by molar-refractivity contribution is -0.00774. The Labute approximate surface area is 75.6 Å². The molecule has 0 aromatic rings. The summed E-state index contributed by atoms with van der Waals surface area (Å²) in [4.78, 5) is 2.47. The Morgan fingerprint density at radius 1 is 1.33 bits per heavy atom. The molecule has 0 saturated carbocycles. The second kappa shape index (κ2) is 3.75. The maximum absolute atomic E-state index is 9.62. The molecule has 0 bridgehead atoms. The third kappa shape index (κ3) is 1.99. The first kappa shape index (κ1) is 10.0. The van der Waals surface area contributed by atoms with Gasteiger partial charge in [0.1, 0.15) is 0 Å². The fourth-order valence-electron chi connectivity index (χ4n) is 2.07. The van der Waals surface area contributed by atoms with Crippen molar-refractivity contribution in [1.82, 2.24) is 4.90 Å². The topological polar surface area (TPSA) is 23.5 Å². The summed E-state index contributed by atoms with van der Waals surface area (Å²) in [5, 5.41) is 9.62. The zero-order valence-corrected chi connectivity index (χ0v) is 8.62. The van der Waals surface area contributed by atoms with Crippen LogP contribution in [-0.2, 0) is 0 Å². The molecule has 0 aliphatic carbocycles. The fourth-order valence-corrected chi connectivity index (χ4v) is 2.07. The molecule has 1 rings (SSSR count). The molecule has 1 saturated heterocycles. The van der Waals surface area contributed by atoms with Crippen molar-refractivity contribution in [2.45, 2.75) is 52.3 Å². The van der Waals surface area contributed by atoms with Gasteiger partial charge in [-0.3, -0.25) is 4.90 Å². The molecule has 1 heterocycles. The average Bonchev–Trinajstić information content (AvgIpc) is 1.96. The van der Waals surface area contributed by atoms with Gasteiger partial charge in [-0.1, -0.05) is 6.92 Å². The maximum atomic E-state index is 9.62. The van der Waals surface area contributed by atoms with Gasteiger partial charge in [-0.15, -0.1) is 0 Å². The molecule has 1 N–H and O–H groups in total. The van der Waals surface area contributed by atoms with Gasteiger partial charge in [-0.2, -0.15) is 0 Å².